The Kier molecular flexibility index (Phi) is 7.11. The zero-order valence-corrected chi connectivity index (χ0v) is 30.2. The Balaban J connectivity index is 1.04. The minimum Gasteiger partial charge on any atom is -0.310 e. The summed E-state index contributed by atoms with van der Waals surface area (Å²) in [7, 11) is 0. The molecular weight excluding hydrogens is 671 g/mol. The van der Waals surface area contributed by atoms with Crippen LogP contribution < -0.4 is 4.90 Å². The fraction of sp³-hybridized carbons (Fsp3) is 0. The second-order valence-electron chi connectivity index (χ2n) is 14.1. The van der Waals surface area contributed by atoms with Crippen LogP contribution in [-0.4, -0.2) is 0 Å². The van der Waals surface area contributed by atoms with E-state index in [0.29, 0.717) is 0 Å². The van der Waals surface area contributed by atoms with Crippen molar-refractivity contribution in [3.05, 3.63) is 200 Å². The Morgan fingerprint density at radius 1 is 0.296 bits per heavy atom. The summed E-state index contributed by atoms with van der Waals surface area (Å²) in [5.41, 5.74) is 8.24. The number of nitrogens with zero attached hydrogens (tertiary/aromatic N) is 1. The van der Waals surface area contributed by atoms with Crippen LogP contribution in [0.4, 0.5) is 17.1 Å². The van der Waals surface area contributed by atoms with Crippen molar-refractivity contribution in [1.82, 2.24) is 0 Å². The van der Waals surface area contributed by atoms with E-state index in [0.717, 1.165) is 17.1 Å². The first kappa shape index (κ1) is 30.8. The summed E-state index contributed by atoms with van der Waals surface area (Å²) < 4.78 is 2.63. The number of hydrogen-bond donors (Lipinski definition) is 0. The molecule has 1 heterocycles. The lowest BCUT2D eigenvalue weighted by atomic mass is 9.94. The largest absolute Gasteiger partial charge is 0.310 e. The molecule has 0 spiro atoms. The zero-order valence-electron chi connectivity index (χ0n) is 29.4. The smallest absolute Gasteiger partial charge is 0.0540 e. The van der Waals surface area contributed by atoms with Crippen molar-refractivity contribution >= 4 is 91.7 Å². The molecule has 11 rings (SSSR count). The molecular formula is C52H33NS. The molecule has 2 heteroatoms. The minimum atomic E-state index is 1.12. The van der Waals surface area contributed by atoms with Gasteiger partial charge in [-0.15, -0.1) is 11.3 Å². The predicted octanol–water partition coefficient (Wildman–Crippen LogP) is 15.5. The van der Waals surface area contributed by atoms with Gasteiger partial charge in [-0.1, -0.05) is 146 Å². The Morgan fingerprint density at radius 2 is 0.870 bits per heavy atom. The maximum Gasteiger partial charge on any atom is 0.0540 e. The van der Waals surface area contributed by atoms with Gasteiger partial charge in [-0.3, -0.25) is 0 Å². The number of thiophene rings is 1. The fourth-order valence-electron chi connectivity index (χ4n) is 8.35. The van der Waals surface area contributed by atoms with E-state index in [2.05, 4.69) is 205 Å². The maximum absolute atomic E-state index is 2.41. The minimum absolute atomic E-state index is 1.12. The average molecular weight is 704 g/mol. The van der Waals surface area contributed by atoms with Crippen molar-refractivity contribution < 1.29 is 0 Å². The molecule has 0 aliphatic carbocycles. The van der Waals surface area contributed by atoms with Crippen LogP contribution in [0.1, 0.15) is 0 Å². The molecule has 10 aromatic carbocycles. The second kappa shape index (κ2) is 12.4. The summed E-state index contributed by atoms with van der Waals surface area (Å²) in [6, 6.07) is 73.5. The molecule has 0 bridgehead atoms. The molecule has 0 aliphatic rings. The van der Waals surface area contributed by atoms with Gasteiger partial charge in [0.05, 0.1) is 5.69 Å². The van der Waals surface area contributed by atoms with Gasteiger partial charge in [0.1, 0.15) is 0 Å². The molecule has 252 valence electrons. The lowest BCUT2D eigenvalue weighted by Crippen LogP contribution is -2.10. The molecule has 1 nitrogen and oxygen atoms in total. The fourth-order valence-corrected chi connectivity index (χ4v) is 9.48. The highest BCUT2D eigenvalue weighted by atomic mass is 32.1. The quantitative estimate of drug-likeness (QED) is 0.161. The SMILES string of the molecule is c1ccc(-c2ccc(N(c3ccc(-c4ccc5c(ccc6ccc7ccccc7c65)c4)cc3)c3cccc4cc5c(cc34)sc3ccccc35)cc2)cc1. The van der Waals surface area contributed by atoms with Crippen molar-refractivity contribution in [3.8, 4) is 22.3 Å². The lowest BCUT2D eigenvalue weighted by molar-refractivity contribution is 1.30. The third-order valence-corrected chi connectivity index (χ3v) is 12.1. The third-order valence-electron chi connectivity index (χ3n) is 11.0. The standard InChI is InChI=1S/C52H33NS/c1-2-9-34(10-3-1)35-21-26-42(27-22-35)53(49-15-8-12-40-32-48-46-14-6-7-16-50(46)54-51(48)33-47(40)49)43-28-23-36(24-29-43)39-25-30-45-41(31-39)20-19-38-18-17-37-11-4-5-13-44(37)52(38)45/h1-33H. The van der Waals surface area contributed by atoms with Gasteiger partial charge >= 0.3 is 0 Å². The van der Waals surface area contributed by atoms with E-state index in [-0.39, 0.29) is 0 Å². The maximum atomic E-state index is 2.41. The Labute approximate surface area is 317 Å². The lowest BCUT2D eigenvalue weighted by Gasteiger charge is -2.27. The van der Waals surface area contributed by atoms with Crippen LogP contribution in [0.2, 0.25) is 0 Å². The van der Waals surface area contributed by atoms with Gasteiger partial charge in [-0.05, 0) is 115 Å². The molecule has 0 N–H and O–H groups in total. The van der Waals surface area contributed by atoms with Gasteiger partial charge in [0.25, 0.3) is 0 Å². The van der Waals surface area contributed by atoms with E-state index in [1.807, 2.05) is 11.3 Å². The molecule has 0 saturated heterocycles. The Hall–Kier alpha value is -6.74. The van der Waals surface area contributed by atoms with Crippen LogP contribution in [0.3, 0.4) is 0 Å². The van der Waals surface area contributed by atoms with Gasteiger partial charge in [0.2, 0.25) is 0 Å². The van der Waals surface area contributed by atoms with Gasteiger partial charge in [-0.2, -0.15) is 0 Å². The van der Waals surface area contributed by atoms with Gasteiger partial charge in [-0.25, -0.2) is 0 Å². The molecule has 1 aromatic heterocycles. The number of anilines is 3. The summed E-state index contributed by atoms with van der Waals surface area (Å²) >= 11 is 1.87. The Morgan fingerprint density at radius 3 is 1.67 bits per heavy atom. The van der Waals surface area contributed by atoms with Crippen molar-refractivity contribution in [1.29, 1.82) is 0 Å². The van der Waals surface area contributed by atoms with Crippen molar-refractivity contribution in [3.63, 3.8) is 0 Å². The normalized spacial score (nSPS) is 11.7. The summed E-state index contributed by atoms with van der Waals surface area (Å²) in [6.07, 6.45) is 0. The highest BCUT2D eigenvalue weighted by molar-refractivity contribution is 7.25. The molecule has 0 fully saturated rings. The molecule has 54 heavy (non-hydrogen) atoms. The molecule has 0 saturated carbocycles. The van der Waals surface area contributed by atoms with Gasteiger partial charge in [0, 0.05) is 36.9 Å². The number of hydrogen-bond acceptors (Lipinski definition) is 2. The molecule has 11 aromatic rings. The number of benzene rings is 10. The van der Waals surface area contributed by atoms with Gasteiger partial charge < -0.3 is 4.90 Å². The molecule has 0 amide bonds. The van der Waals surface area contributed by atoms with E-state index in [1.54, 1.807) is 0 Å². The first-order valence-corrected chi connectivity index (χ1v) is 19.3. The van der Waals surface area contributed by atoms with Crippen molar-refractivity contribution in [2.75, 3.05) is 4.90 Å². The third kappa shape index (κ3) is 5.07. The first-order chi connectivity index (χ1) is 26.7. The highest BCUT2D eigenvalue weighted by Crippen LogP contribution is 2.44. The Bertz CT molecular complexity index is 3190. The molecule has 0 atom stereocenters. The van der Waals surface area contributed by atoms with Crippen LogP contribution in [0.15, 0.2) is 200 Å². The number of rotatable bonds is 5. The summed E-state index contributed by atoms with van der Waals surface area (Å²) in [5, 5.41) is 12.8. The monoisotopic (exact) mass is 703 g/mol. The molecule has 0 radical (unpaired) electrons. The van der Waals surface area contributed by atoms with Crippen LogP contribution in [0, 0.1) is 0 Å². The average Bonchev–Trinajstić information content (AvgIpc) is 3.61. The van der Waals surface area contributed by atoms with E-state index in [4.69, 9.17) is 0 Å². The van der Waals surface area contributed by atoms with E-state index in [1.165, 1.54) is 85.5 Å². The van der Waals surface area contributed by atoms with Crippen molar-refractivity contribution in [2.24, 2.45) is 0 Å². The summed E-state index contributed by atoms with van der Waals surface area (Å²) in [5.74, 6) is 0. The highest BCUT2D eigenvalue weighted by Gasteiger charge is 2.18. The zero-order chi connectivity index (χ0) is 35.6. The second-order valence-corrected chi connectivity index (χ2v) is 15.2. The molecule has 0 aliphatic heterocycles. The van der Waals surface area contributed by atoms with E-state index >= 15 is 0 Å². The van der Waals surface area contributed by atoms with Crippen molar-refractivity contribution in [2.45, 2.75) is 0 Å². The van der Waals surface area contributed by atoms with Gasteiger partial charge in [0.15, 0.2) is 0 Å². The summed E-state index contributed by atoms with van der Waals surface area (Å²) in [6.45, 7) is 0. The molecule has 0 unspecified atom stereocenters. The van der Waals surface area contributed by atoms with Crippen LogP contribution in [0.5, 0.6) is 0 Å². The van der Waals surface area contributed by atoms with E-state index < -0.39 is 0 Å². The van der Waals surface area contributed by atoms with E-state index in [9.17, 15) is 0 Å². The summed E-state index contributed by atoms with van der Waals surface area (Å²) in [4.78, 5) is 2.41. The first-order valence-electron chi connectivity index (χ1n) is 18.5. The predicted molar refractivity (Wildman–Crippen MR) is 235 cm³/mol. The number of fused-ring (bicyclic) bond motifs is 9. The van der Waals surface area contributed by atoms with Crippen LogP contribution >= 0.6 is 11.3 Å². The topological polar surface area (TPSA) is 3.24 Å². The van der Waals surface area contributed by atoms with Crippen LogP contribution in [-0.2, 0) is 0 Å². The van der Waals surface area contributed by atoms with Crippen LogP contribution in [0.25, 0.3) is 85.5 Å².